The Bertz CT molecular complexity index is 328. The summed E-state index contributed by atoms with van der Waals surface area (Å²) in [4.78, 5) is 11.4. The van der Waals surface area contributed by atoms with Gasteiger partial charge < -0.3 is 9.47 Å². The Kier molecular flexibility index (Phi) is 2.84. The van der Waals surface area contributed by atoms with Crippen molar-refractivity contribution in [2.75, 3.05) is 11.5 Å². The van der Waals surface area contributed by atoms with E-state index in [1.165, 1.54) is 30.8 Å². The van der Waals surface area contributed by atoms with Gasteiger partial charge in [-0.3, -0.25) is 0 Å². The van der Waals surface area contributed by atoms with E-state index in [0.717, 1.165) is 31.1 Å². The number of ether oxygens (including phenoxy) is 2. The minimum absolute atomic E-state index is 0.192. The molecule has 0 radical (unpaired) electrons. The molecule has 0 aliphatic heterocycles. The number of carbonyl (C=O) groups is 1. The van der Waals surface area contributed by atoms with Crippen LogP contribution in [-0.4, -0.2) is 23.3 Å². The average molecular weight is 350 g/mol. The second-order valence-corrected chi connectivity index (χ2v) is 7.10. The Morgan fingerprint density at radius 3 is 2.47 bits per heavy atom. The Labute approximate surface area is 116 Å². The summed E-state index contributed by atoms with van der Waals surface area (Å²) >= 11 is 2.51. The fourth-order valence-electron chi connectivity index (χ4n) is 4.86. The standard InChI is InChI=1S/C13H19IO3/c1-16-11(15)17-13-5-9-2-10(6-13)4-12(3-9,7-13)8-14/h9-10H,2-8H2,1H3/t9-,10?,12?,13?/m0/s1. The molecule has 0 heterocycles. The number of hydrogen-bond acceptors (Lipinski definition) is 3. The third-order valence-electron chi connectivity index (χ3n) is 4.88. The highest BCUT2D eigenvalue weighted by molar-refractivity contribution is 14.1. The quantitative estimate of drug-likeness (QED) is 0.434. The molecule has 4 rings (SSSR count). The van der Waals surface area contributed by atoms with E-state index in [-0.39, 0.29) is 5.60 Å². The average Bonchev–Trinajstić information content (AvgIpc) is 2.26. The third-order valence-corrected chi connectivity index (χ3v) is 6.50. The van der Waals surface area contributed by atoms with Crippen molar-refractivity contribution in [1.29, 1.82) is 0 Å². The van der Waals surface area contributed by atoms with Crippen LogP contribution in [0, 0.1) is 17.3 Å². The summed E-state index contributed by atoms with van der Waals surface area (Å²) in [6.45, 7) is 0. The van der Waals surface area contributed by atoms with Crippen LogP contribution < -0.4 is 0 Å². The van der Waals surface area contributed by atoms with E-state index in [2.05, 4.69) is 22.6 Å². The maximum atomic E-state index is 11.4. The summed E-state index contributed by atoms with van der Waals surface area (Å²) in [5.74, 6) is 1.55. The van der Waals surface area contributed by atoms with Crippen LogP contribution in [0.4, 0.5) is 4.79 Å². The molecule has 4 heteroatoms. The van der Waals surface area contributed by atoms with Crippen molar-refractivity contribution in [3.8, 4) is 0 Å². The molecule has 4 atom stereocenters. The molecule has 17 heavy (non-hydrogen) atoms. The minimum atomic E-state index is -0.490. The topological polar surface area (TPSA) is 35.5 Å². The van der Waals surface area contributed by atoms with Crippen molar-refractivity contribution in [1.82, 2.24) is 0 Å². The summed E-state index contributed by atoms with van der Waals surface area (Å²) in [7, 11) is 1.40. The van der Waals surface area contributed by atoms with E-state index >= 15 is 0 Å². The monoisotopic (exact) mass is 350 g/mol. The summed E-state index contributed by atoms with van der Waals surface area (Å²) in [5, 5.41) is 0. The Morgan fingerprint density at radius 1 is 1.29 bits per heavy atom. The molecule has 4 bridgehead atoms. The lowest BCUT2D eigenvalue weighted by atomic mass is 9.48. The third kappa shape index (κ3) is 1.96. The zero-order chi connectivity index (χ0) is 12.1. The minimum Gasteiger partial charge on any atom is -0.438 e. The molecule has 96 valence electrons. The Morgan fingerprint density at radius 2 is 1.94 bits per heavy atom. The van der Waals surface area contributed by atoms with Crippen molar-refractivity contribution in [3.05, 3.63) is 0 Å². The molecule has 0 spiro atoms. The maximum Gasteiger partial charge on any atom is 0.508 e. The maximum absolute atomic E-state index is 11.4. The normalized spacial score (nSPS) is 46.9. The Balaban J connectivity index is 1.84. The van der Waals surface area contributed by atoms with Crippen LogP contribution in [-0.2, 0) is 9.47 Å². The first-order valence-corrected chi connectivity index (χ1v) is 7.94. The van der Waals surface area contributed by atoms with Gasteiger partial charge in [-0.25, -0.2) is 4.79 Å². The summed E-state index contributed by atoms with van der Waals surface area (Å²) in [6, 6.07) is 0. The largest absolute Gasteiger partial charge is 0.508 e. The van der Waals surface area contributed by atoms with Gasteiger partial charge in [0.2, 0.25) is 0 Å². The summed E-state index contributed by atoms with van der Waals surface area (Å²) in [5.41, 5.74) is 0.251. The number of rotatable bonds is 2. The number of methoxy groups -OCH3 is 1. The van der Waals surface area contributed by atoms with Gasteiger partial charge in [-0.15, -0.1) is 0 Å². The molecular weight excluding hydrogens is 331 g/mol. The molecule has 0 N–H and O–H groups in total. The Hall–Kier alpha value is 0. The predicted octanol–water partition coefficient (Wildman–Crippen LogP) is 3.54. The van der Waals surface area contributed by atoms with Crippen molar-refractivity contribution in [2.24, 2.45) is 17.3 Å². The molecule has 0 aromatic heterocycles. The highest BCUT2D eigenvalue weighted by atomic mass is 127. The number of alkyl halides is 1. The SMILES string of the molecule is COC(=O)OC12CC3C[C@@H](CC(CI)(C3)C1)C2. The molecule has 0 aromatic rings. The van der Waals surface area contributed by atoms with Gasteiger partial charge in [0.15, 0.2) is 0 Å². The zero-order valence-electron chi connectivity index (χ0n) is 10.2. The van der Waals surface area contributed by atoms with Crippen molar-refractivity contribution in [3.63, 3.8) is 0 Å². The zero-order valence-corrected chi connectivity index (χ0v) is 12.4. The molecule has 0 aromatic carbocycles. The number of halogens is 1. The van der Waals surface area contributed by atoms with Crippen molar-refractivity contribution >= 4 is 28.7 Å². The van der Waals surface area contributed by atoms with Crippen LogP contribution in [0.1, 0.15) is 38.5 Å². The van der Waals surface area contributed by atoms with E-state index in [0.29, 0.717) is 5.41 Å². The van der Waals surface area contributed by atoms with Gasteiger partial charge in [-0.2, -0.15) is 0 Å². The molecule has 4 fully saturated rings. The number of hydrogen-bond donors (Lipinski definition) is 0. The second kappa shape index (κ2) is 4.00. The molecule has 3 nitrogen and oxygen atoms in total. The fraction of sp³-hybridized carbons (Fsp3) is 0.923. The van der Waals surface area contributed by atoms with E-state index in [1.807, 2.05) is 0 Å². The summed E-state index contributed by atoms with van der Waals surface area (Å²) < 4.78 is 11.6. The molecule has 4 saturated carbocycles. The van der Waals surface area contributed by atoms with E-state index < -0.39 is 6.16 Å². The lowest BCUT2D eigenvalue weighted by Crippen LogP contribution is -2.57. The van der Waals surface area contributed by atoms with Crippen LogP contribution in [0.15, 0.2) is 0 Å². The van der Waals surface area contributed by atoms with Crippen molar-refractivity contribution in [2.45, 2.75) is 44.1 Å². The molecule has 0 amide bonds. The van der Waals surface area contributed by atoms with Crippen LogP contribution >= 0.6 is 22.6 Å². The predicted molar refractivity (Wildman–Crippen MR) is 72.2 cm³/mol. The van der Waals surface area contributed by atoms with Crippen LogP contribution in [0.3, 0.4) is 0 Å². The van der Waals surface area contributed by atoms with Crippen LogP contribution in [0.25, 0.3) is 0 Å². The number of carbonyl (C=O) groups excluding carboxylic acids is 1. The lowest BCUT2D eigenvalue weighted by Gasteiger charge is -2.60. The molecule has 4 aliphatic carbocycles. The van der Waals surface area contributed by atoms with Gasteiger partial charge in [0, 0.05) is 4.43 Å². The van der Waals surface area contributed by atoms with Gasteiger partial charge in [-0.1, -0.05) is 22.6 Å². The fourth-order valence-corrected chi connectivity index (χ4v) is 5.75. The highest BCUT2D eigenvalue weighted by Crippen LogP contribution is 2.63. The van der Waals surface area contributed by atoms with E-state index in [1.54, 1.807) is 0 Å². The summed E-state index contributed by atoms with van der Waals surface area (Å²) in [6.07, 6.45) is 6.75. The first-order valence-electron chi connectivity index (χ1n) is 6.42. The first-order chi connectivity index (χ1) is 8.09. The first kappa shape index (κ1) is 12.1. The van der Waals surface area contributed by atoms with Gasteiger partial charge in [-0.05, 0) is 55.8 Å². The molecule has 0 saturated heterocycles. The molecule has 4 aliphatic rings. The molecule has 3 unspecified atom stereocenters. The van der Waals surface area contributed by atoms with Crippen LogP contribution in [0.5, 0.6) is 0 Å². The lowest BCUT2D eigenvalue weighted by molar-refractivity contribution is -0.165. The van der Waals surface area contributed by atoms with Gasteiger partial charge in [0.05, 0.1) is 7.11 Å². The van der Waals surface area contributed by atoms with E-state index in [4.69, 9.17) is 9.47 Å². The van der Waals surface area contributed by atoms with Crippen LogP contribution in [0.2, 0.25) is 0 Å². The van der Waals surface area contributed by atoms with Gasteiger partial charge in [0.1, 0.15) is 5.60 Å². The smallest absolute Gasteiger partial charge is 0.438 e. The second-order valence-electron chi connectivity index (χ2n) is 6.33. The highest BCUT2D eigenvalue weighted by Gasteiger charge is 2.59. The molecular formula is C13H19IO3. The van der Waals surface area contributed by atoms with Crippen molar-refractivity contribution < 1.29 is 14.3 Å². The van der Waals surface area contributed by atoms with Gasteiger partial charge >= 0.3 is 6.16 Å². The van der Waals surface area contributed by atoms with E-state index in [9.17, 15) is 4.79 Å². The van der Waals surface area contributed by atoms with Gasteiger partial charge in [0.25, 0.3) is 0 Å².